The van der Waals surface area contributed by atoms with E-state index < -0.39 is 29.9 Å². The smallest absolute Gasteiger partial charge is 0.321 e. The standard InChI is InChI=1S/C26H30N6O6S/c27-11-6-12-38-21-10-5-4-9-18(21)14-29-25(37)32-26-31-20(16-39-26)24(36)28-15-22(33)30-19(13-23(34)35)17-7-2-1-3-8-17/h1-5,7-10,16,19H,6,11-15,27H2,(H,28,36)(H,30,33)(H,34,35)(H2,29,31,32,37). The third kappa shape index (κ3) is 9.72. The molecule has 1 atom stereocenters. The molecule has 0 radical (unpaired) electrons. The Morgan fingerprint density at radius 3 is 2.51 bits per heavy atom. The van der Waals surface area contributed by atoms with E-state index in [-0.39, 0.29) is 30.3 Å². The highest BCUT2D eigenvalue weighted by Gasteiger charge is 2.19. The Hall–Kier alpha value is -4.49. The van der Waals surface area contributed by atoms with Crippen molar-refractivity contribution in [2.75, 3.05) is 25.0 Å². The van der Waals surface area contributed by atoms with Gasteiger partial charge in [0.1, 0.15) is 11.4 Å². The summed E-state index contributed by atoms with van der Waals surface area (Å²) in [6, 6.07) is 14.7. The van der Waals surface area contributed by atoms with Gasteiger partial charge in [-0.1, -0.05) is 48.5 Å². The summed E-state index contributed by atoms with van der Waals surface area (Å²) in [5.74, 6) is -1.59. The first kappa shape index (κ1) is 29.1. The fraction of sp³-hybridized carbons (Fsp3) is 0.269. The van der Waals surface area contributed by atoms with E-state index in [1.165, 1.54) is 5.38 Å². The van der Waals surface area contributed by atoms with E-state index in [1.54, 1.807) is 30.3 Å². The van der Waals surface area contributed by atoms with Crippen LogP contribution in [-0.4, -0.2) is 53.6 Å². The Balaban J connectivity index is 1.46. The molecule has 0 aliphatic carbocycles. The van der Waals surface area contributed by atoms with Crippen molar-refractivity contribution >= 4 is 40.3 Å². The molecule has 0 bridgehead atoms. The molecule has 1 heterocycles. The third-order valence-electron chi connectivity index (χ3n) is 5.30. The molecule has 0 spiro atoms. The summed E-state index contributed by atoms with van der Waals surface area (Å²) in [6.07, 6.45) is 0.408. The molecule has 0 aliphatic heterocycles. The van der Waals surface area contributed by atoms with E-state index in [9.17, 15) is 19.2 Å². The van der Waals surface area contributed by atoms with Crippen molar-refractivity contribution in [1.29, 1.82) is 0 Å². The van der Waals surface area contributed by atoms with Crippen molar-refractivity contribution < 1.29 is 29.0 Å². The summed E-state index contributed by atoms with van der Waals surface area (Å²) < 4.78 is 5.70. The van der Waals surface area contributed by atoms with Gasteiger partial charge in [-0.2, -0.15) is 0 Å². The van der Waals surface area contributed by atoms with Crippen molar-refractivity contribution in [1.82, 2.24) is 20.9 Å². The van der Waals surface area contributed by atoms with Crippen LogP contribution in [0.25, 0.3) is 0 Å². The number of aromatic nitrogens is 1. The number of carboxylic acid groups (broad SMARTS) is 1. The number of carbonyl (C=O) groups excluding carboxylic acids is 3. The SMILES string of the molecule is NCCCOc1ccccc1CNC(=O)Nc1nc(C(=O)NCC(=O)NC(CC(=O)O)c2ccccc2)cs1. The largest absolute Gasteiger partial charge is 0.493 e. The number of thiazole rings is 1. The van der Waals surface area contributed by atoms with Crippen LogP contribution in [0.5, 0.6) is 5.75 Å². The van der Waals surface area contributed by atoms with Crippen LogP contribution in [0, 0.1) is 0 Å². The number of amides is 4. The number of rotatable bonds is 14. The summed E-state index contributed by atoms with van der Waals surface area (Å²) >= 11 is 1.05. The lowest BCUT2D eigenvalue weighted by Gasteiger charge is -2.17. The second-order valence-electron chi connectivity index (χ2n) is 8.26. The Morgan fingerprint density at radius 1 is 1.03 bits per heavy atom. The maximum atomic E-state index is 12.4. The van der Waals surface area contributed by atoms with Crippen molar-refractivity contribution in [3.05, 3.63) is 76.8 Å². The maximum Gasteiger partial charge on any atom is 0.321 e. The number of hydrogen-bond donors (Lipinski definition) is 6. The number of aliphatic carboxylic acids is 1. The summed E-state index contributed by atoms with van der Waals surface area (Å²) in [4.78, 5) is 52.4. The van der Waals surface area contributed by atoms with Gasteiger partial charge in [0.25, 0.3) is 5.91 Å². The number of nitrogens with two attached hydrogens (primary N) is 1. The predicted molar refractivity (Wildman–Crippen MR) is 145 cm³/mol. The van der Waals surface area contributed by atoms with Crippen molar-refractivity contribution in [2.45, 2.75) is 25.4 Å². The molecule has 0 fully saturated rings. The van der Waals surface area contributed by atoms with Crippen LogP contribution in [0.1, 0.15) is 40.5 Å². The van der Waals surface area contributed by atoms with Crippen LogP contribution < -0.4 is 31.7 Å². The maximum absolute atomic E-state index is 12.4. The normalized spacial score (nSPS) is 11.2. The zero-order valence-electron chi connectivity index (χ0n) is 21.0. The first-order valence-electron chi connectivity index (χ1n) is 12.1. The number of carboxylic acids is 1. The zero-order chi connectivity index (χ0) is 28.0. The van der Waals surface area contributed by atoms with E-state index >= 15 is 0 Å². The summed E-state index contributed by atoms with van der Waals surface area (Å²) in [6.45, 7) is 0.826. The van der Waals surface area contributed by atoms with Crippen LogP contribution in [0.4, 0.5) is 9.93 Å². The lowest BCUT2D eigenvalue weighted by molar-refractivity contribution is -0.137. The van der Waals surface area contributed by atoms with Gasteiger partial charge in [-0.3, -0.25) is 19.7 Å². The Kier molecular flexibility index (Phi) is 11.2. The molecule has 1 aromatic heterocycles. The number of nitrogens with one attached hydrogen (secondary N) is 4. The molecular weight excluding hydrogens is 524 g/mol. The van der Waals surface area contributed by atoms with Gasteiger partial charge in [-0.15, -0.1) is 11.3 Å². The molecule has 206 valence electrons. The van der Waals surface area contributed by atoms with E-state index in [2.05, 4.69) is 26.3 Å². The number of carbonyl (C=O) groups is 4. The Morgan fingerprint density at radius 2 is 1.77 bits per heavy atom. The highest BCUT2D eigenvalue weighted by Crippen LogP contribution is 2.19. The number of para-hydroxylation sites is 1. The number of nitrogens with zero attached hydrogens (tertiary/aromatic N) is 1. The van der Waals surface area contributed by atoms with Crippen LogP contribution in [0.3, 0.4) is 0 Å². The second kappa shape index (κ2) is 15.1. The minimum atomic E-state index is -1.07. The van der Waals surface area contributed by atoms with Gasteiger partial charge >= 0.3 is 12.0 Å². The van der Waals surface area contributed by atoms with Gasteiger partial charge < -0.3 is 31.5 Å². The quantitative estimate of drug-likeness (QED) is 0.164. The molecule has 39 heavy (non-hydrogen) atoms. The molecule has 12 nitrogen and oxygen atoms in total. The van der Waals surface area contributed by atoms with Gasteiger partial charge in [0, 0.05) is 17.5 Å². The van der Waals surface area contributed by atoms with E-state index in [0.717, 1.165) is 16.9 Å². The molecule has 7 N–H and O–H groups in total. The summed E-state index contributed by atoms with van der Waals surface area (Å²) in [5.41, 5.74) is 6.94. The lowest BCUT2D eigenvalue weighted by Crippen LogP contribution is -2.39. The molecule has 2 aromatic carbocycles. The first-order valence-corrected chi connectivity index (χ1v) is 13.0. The predicted octanol–water partition coefficient (Wildman–Crippen LogP) is 2.25. The number of benzene rings is 2. The van der Waals surface area contributed by atoms with Gasteiger partial charge in [-0.25, -0.2) is 9.78 Å². The fourth-order valence-electron chi connectivity index (χ4n) is 3.42. The zero-order valence-corrected chi connectivity index (χ0v) is 21.8. The minimum Gasteiger partial charge on any atom is -0.493 e. The number of ether oxygens (including phenoxy) is 1. The summed E-state index contributed by atoms with van der Waals surface area (Å²) in [5, 5.41) is 21.2. The monoisotopic (exact) mass is 554 g/mol. The fourth-order valence-corrected chi connectivity index (χ4v) is 4.10. The van der Waals surface area contributed by atoms with Crippen LogP contribution in [0.15, 0.2) is 60.0 Å². The van der Waals surface area contributed by atoms with Crippen molar-refractivity contribution in [2.24, 2.45) is 5.73 Å². The van der Waals surface area contributed by atoms with Gasteiger partial charge in [0.15, 0.2) is 5.13 Å². The molecule has 0 saturated heterocycles. The topological polar surface area (TPSA) is 185 Å². The van der Waals surface area contributed by atoms with Crippen LogP contribution in [-0.2, 0) is 16.1 Å². The van der Waals surface area contributed by atoms with E-state index in [1.807, 2.05) is 24.3 Å². The van der Waals surface area contributed by atoms with Crippen LogP contribution in [0.2, 0.25) is 0 Å². The van der Waals surface area contributed by atoms with Crippen LogP contribution >= 0.6 is 11.3 Å². The highest BCUT2D eigenvalue weighted by molar-refractivity contribution is 7.14. The molecule has 3 aromatic rings. The highest BCUT2D eigenvalue weighted by atomic mass is 32.1. The van der Waals surface area contributed by atoms with Crippen molar-refractivity contribution in [3.63, 3.8) is 0 Å². The number of urea groups is 1. The van der Waals surface area contributed by atoms with Gasteiger partial charge in [0.2, 0.25) is 5.91 Å². The molecule has 13 heteroatoms. The second-order valence-corrected chi connectivity index (χ2v) is 9.11. The van der Waals surface area contributed by atoms with Gasteiger partial charge in [-0.05, 0) is 24.6 Å². The molecule has 0 saturated carbocycles. The average molecular weight is 555 g/mol. The first-order chi connectivity index (χ1) is 18.9. The molecule has 1 unspecified atom stereocenters. The summed E-state index contributed by atoms with van der Waals surface area (Å²) in [7, 11) is 0. The average Bonchev–Trinajstić information content (AvgIpc) is 3.39. The Labute approximate surface area is 229 Å². The molecule has 0 aliphatic rings. The molecular formula is C26H30N6O6S. The van der Waals surface area contributed by atoms with E-state index in [4.69, 9.17) is 15.6 Å². The number of anilines is 1. The number of hydrogen-bond acceptors (Lipinski definition) is 8. The van der Waals surface area contributed by atoms with Crippen molar-refractivity contribution in [3.8, 4) is 5.75 Å². The molecule has 4 amide bonds. The van der Waals surface area contributed by atoms with E-state index in [0.29, 0.717) is 30.9 Å². The van der Waals surface area contributed by atoms with Gasteiger partial charge in [0.05, 0.1) is 25.6 Å². The molecule has 3 rings (SSSR count). The minimum absolute atomic E-state index is 0.0203. The third-order valence-corrected chi connectivity index (χ3v) is 6.06. The Bertz CT molecular complexity index is 1270. The lowest BCUT2D eigenvalue weighted by atomic mass is 10.0.